The fraction of sp³-hybridized carbons (Fsp3) is 0.960. The molecule has 3 heteroatoms. The molecule has 0 atom stereocenters. The minimum atomic E-state index is -0.412. The summed E-state index contributed by atoms with van der Waals surface area (Å²) in [4.78, 5) is 11.9. The van der Waals surface area contributed by atoms with Gasteiger partial charge in [-0.15, -0.1) is 0 Å². The van der Waals surface area contributed by atoms with Gasteiger partial charge < -0.3 is 5.32 Å². The number of carbonyl (C=O) groups excluding carboxylic acids is 1. The third-order valence-electron chi connectivity index (χ3n) is 5.98. The Morgan fingerprint density at radius 1 is 0.643 bits per heavy atom. The Hall–Kier alpha value is -0.180. The van der Waals surface area contributed by atoms with E-state index in [-0.39, 0.29) is 5.91 Å². The van der Waals surface area contributed by atoms with Gasteiger partial charge in [0.25, 0.3) is 0 Å². The fourth-order valence-electron chi connectivity index (χ4n) is 3.58. The highest BCUT2D eigenvalue weighted by Gasteiger charge is 2.08. The lowest BCUT2D eigenvalue weighted by Gasteiger charge is -2.29. The Bertz CT molecular complexity index is 343. The van der Waals surface area contributed by atoms with Crippen LogP contribution < -0.4 is 5.32 Å². The summed E-state index contributed by atoms with van der Waals surface area (Å²) in [5.74, 6) is 2.84. The van der Waals surface area contributed by atoms with Crippen LogP contribution in [0.1, 0.15) is 123 Å². The number of hydrogen-bond acceptors (Lipinski definition) is 1. The van der Waals surface area contributed by atoms with Gasteiger partial charge >= 0.3 is 0 Å². The standard InChI is InChI=1S/C25H53NOS/c1-5-7-8-9-10-11-12-13-14-15-16-17-18-19-20-22-25(27)26-23-21-24-28(3,4)6-2/h5-24H2,1-4H3,(H,26,27). The second-order valence-corrected chi connectivity index (χ2v) is 13.7. The summed E-state index contributed by atoms with van der Waals surface area (Å²) < 4.78 is 0. The van der Waals surface area contributed by atoms with Crippen molar-refractivity contribution in [2.75, 3.05) is 30.6 Å². The van der Waals surface area contributed by atoms with E-state index in [1.807, 2.05) is 0 Å². The van der Waals surface area contributed by atoms with E-state index in [9.17, 15) is 4.79 Å². The van der Waals surface area contributed by atoms with Crippen LogP contribution in [0.4, 0.5) is 0 Å². The van der Waals surface area contributed by atoms with Gasteiger partial charge in [0.05, 0.1) is 0 Å². The molecule has 0 aromatic carbocycles. The second-order valence-electron chi connectivity index (χ2n) is 9.16. The summed E-state index contributed by atoms with van der Waals surface area (Å²) >= 11 is 0. The lowest BCUT2D eigenvalue weighted by atomic mass is 10.0. The Kier molecular flexibility index (Phi) is 20.0. The Morgan fingerprint density at radius 3 is 1.50 bits per heavy atom. The monoisotopic (exact) mass is 415 g/mol. The predicted octanol–water partition coefficient (Wildman–Crippen LogP) is 7.84. The van der Waals surface area contributed by atoms with Crippen LogP contribution in [-0.2, 0) is 4.79 Å². The first-order valence-corrected chi connectivity index (χ1v) is 15.3. The Morgan fingerprint density at radius 2 is 1.07 bits per heavy atom. The van der Waals surface area contributed by atoms with E-state index in [1.54, 1.807) is 0 Å². The lowest BCUT2D eigenvalue weighted by molar-refractivity contribution is -0.121. The molecule has 0 radical (unpaired) electrons. The number of rotatable bonds is 21. The number of carbonyl (C=O) groups is 1. The highest BCUT2D eigenvalue weighted by atomic mass is 32.3. The third-order valence-corrected chi connectivity index (χ3v) is 8.94. The van der Waals surface area contributed by atoms with Gasteiger partial charge in [-0.1, -0.05) is 104 Å². The van der Waals surface area contributed by atoms with Crippen molar-refractivity contribution in [2.24, 2.45) is 0 Å². The molecule has 0 spiro atoms. The maximum absolute atomic E-state index is 11.9. The normalized spacial score (nSPS) is 12.3. The van der Waals surface area contributed by atoms with Gasteiger partial charge in [-0.2, -0.15) is 0 Å². The SMILES string of the molecule is CCCCCCCCCCCCCCCCCC(=O)NCCCS(C)(C)CC. The molecule has 0 fully saturated rings. The van der Waals surface area contributed by atoms with Crippen molar-refractivity contribution in [1.82, 2.24) is 5.32 Å². The van der Waals surface area contributed by atoms with E-state index in [2.05, 4.69) is 31.7 Å². The summed E-state index contributed by atoms with van der Waals surface area (Å²) in [5, 5.41) is 3.10. The maximum Gasteiger partial charge on any atom is 0.219 e. The van der Waals surface area contributed by atoms with Crippen LogP contribution in [0.3, 0.4) is 0 Å². The lowest BCUT2D eigenvalue weighted by Crippen LogP contribution is -2.25. The fourth-order valence-corrected chi connectivity index (χ4v) is 4.79. The van der Waals surface area contributed by atoms with Crippen LogP contribution in [0, 0.1) is 0 Å². The van der Waals surface area contributed by atoms with Crippen LogP contribution >= 0.6 is 10.0 Å². The van der Waals surface area contributed by atoms with Gasteiger partial charge in [-0.05, 0) is 36.9 Å². The van der Waals surface area contributed by atoms with Gasteiger partial charge in [0.15, 0.2) is 0 Å². The molecule has 0 heterocycles. The highest BCUT2D eigenvalue weighted by Crippen LogP contribution is 2.39. The van der Waals surface area contributed by atoms with Gasteiger partial charge in [0.1, 0.15) is 0 Å². The van der Waals surface area contributed by atoms with Crippen molar-refractivity contribution in [1.29, 1.82) is 0 Å². The molecular formula is C25H53NOS. The first-order chi connectivity index (χ1) is 13.5. The van der Waals surface area contributed by atoms with E-state index in [0.717, 1.165) is 25.8 Å². The molecule has 28 heavy (non-hydrogen) atoms. The highest BCUT2D eigenvalue weighted by molar-refractivity contribution is 8.32. The van der Waals surface area contributed by atoms with Crippen LogP contribution in [0.2, 0.25) is 0 Å². The summed E-state index contributed by atoms with van der Waals surface area (Å²) in [6.45, 7) is 5.44. The number of unbranched alkanes of at least 4 members (excludes halogenated alkanes) is 14. The summed E-state index contributed by atoms with van der Waals surface area (Å²) in [6, 6.07) is 0. The minimum Gasteiger partial charge on any atom is -0.356 e. The molecule has 0 saturated heterocycles. The molecule has 0 aromatic heterocycles. The first kappa shape index (κ1) is 27.8. The zero-order chi connectivity index (χ0) is 20.9. The second kappa shape index (κ2) is 20.1. The molecule has 0 unspecified atom stereocenters. The topological polar surface area (TPSA) is 29.1 Å². The van der Waals surface area contributed by atoms with Gasteiger partial charge in [-0.25, -0.2) is 10.0 Å². The number of hydrogen-bond donors (Lipinski definition) is 1. The van der Waals surface area contributed by atoms with Crippen LogP contribution in [0.25, 0.3) is 0 Å². The Labute approximate surface area is 179 Å². The van der Waals surface area contributed by atoms with Gasteiger partial charge in [0, 0.05) is 13.0 Å². The first-order valence-electron chi connectivity index (χ1n) is 12.5. The average molecular weight is 416 g/mol. The molecule has 2 nitrogen and oxygen atoms in total. The molecule has 1 amide bonds. The van der Waals surface area contributed by atoms with Gasteiger partial charge in [-0.3, -0.25) is 4.79 Å². The predicted molar refractivity (Wildman–Crippen MR) is 132 cm³/mol. The van der Waals surface area contributed by atoms with Crippen molar-refractivity contribution in [3.8, 4) is 0 Å². The molecule has 0 bridgehead atoms. The van der Waals surface area contributed by atoms with Crippen molar-refractivity contribution >= 4 is 15.9 Å². The van der Waals surface area contributed by atoms with Crippen molar-refractivity contribution in [3.05, 3.63) is 0 Å². The van der Waals surface area contributed by atoms with Gasteiger partial charge in [0.2, 0.25) is 5.91 Å². The molecule has 0 aliphatic carbocycles. The summed E-state index contributed by atoms with van der Waals surface area (Å²) in [6.07, 6.45) is 27.3. The molecule has 0 rings (SSSR count). The van der Waals surface area contributed by atoms with Crippen LogP contribution in [-0.4, -0.2) is 36.5 Å². The summed E-state index contributed by atoms with van der Waals surface area (Å²) in [7, 11) is -0.412. The van der Waals surface area contributed by atoms with Crippen molar-refractivity contribution < 1.29 is 4.79 Å². The average Bonchev–Trinajstić information content (AvgIpc) is 2.68. The third kappa shape index (κ3) is 20.6. The molecule has 0 aliphatic heterocycles. The number of nitrogens with one attached hydrogen (secondary N) is 1. The van der Waals surface area contributed by atoms with Crippen LogP contribution in [0.15, 0.2) is 0 Å². The van der Waals surface area contributed by atoms with Crippen LogP contribution in [0.5, 0.6) is 0 Å². The molecular weight excluding hydrogens is 362 g/mol. The minimum absolute atomic E-state index is 0.263. The zero-order valence-electron chi connectivity index (χ0n) is 20.0. The molecule has 0 aliphatic rings. The van der Waals surface area contributed by atoms with E-state index in [0.29, 0.717) is 0 Å². The van der Waals surface area contributed by atoms with E-state index < -0.39 is 10.0 Å². The zero-order valence-corrected chi connectivity index (χ0v) is 20.8. The molecule has 170 valence electrons. The maximum atomic E-state index is 11.9. The van der Waals surface area contributed by atoms with Crippen molar-refractivity contribution in [3.63, 3.8) is 0 Å². The summed E-state index contributed by atoms with van der Waals surface area (Å²) in [5.41, 5.74) is 0. The quantitative estimate of drug-likeness (QED) is 0.190. The molecule has 0 aromatic rings. The largest absolute Gasteiger partial charge is 0.356 e. The number of amides is 1. The molecule has 1 N–H and O–H groups in total. The van der Waals surface area contributed by atoms with E-state index >= 15 is 0 Å². The van der Waals surface area contributed by atoms with Crippen molar-refractivity contribution in [2.45, 2.75) is 123 Å². The Balaban J connectivity index is 3.21. The van der Waals surface area contributed by atoms with E-state index in [1.165, 1.54) is 101 Å². The van der Waals surface area contributed by atoms with E-state index in [4.69, 9.17) is 0 Å². The smallest absolute Gasteiger partial charge is 0.219 e. The molecule has 0 saturated carbocycles.